The van der Waals surface area contributed by atoms with Crippen LogP contribution in [0.5, 0.6) is 5.75 Å². The van der Waals surface area contributed by atoms with Gasteiger partial charge in [-0.05, 0) is 35.9 Å². The molecule has 1 nitrogen and oxygen atoms in total. The van der Waals surface area contributed by atoms with Crippen LogP contribution in [0.3, 0.4) is 0 Å². The van der Waals surface area contributed by atoms with Crippen molar-refractivity contribution < 1.29 is 4.74 Å². The van der Waals surface area contributed by atoms with Crippen LogP contribution in [0.4, 0.5) is 0 Å². The molecule has 1 aromatic rings. The van der Waals surface area contributed by atoms with Gasteiger partial charge in [0.2, 0.25) is 0 Å². The SMILES string of the molecule is COc1cc(SC)cc([C](C)C)c1. The van der Waals surface area contributed by atoms with Gasteiger partial charge >= 0.3 is 0 Å². The van der Waals surface area contributed by atoms with Crippen molar-refractivity contribution in [1.29, 1.82) is 0 Å². The zero-order chi connectivity index (χ0) is 9.84. The fourth-order valence-corrected chi connectivity index (χ4v) is 1.57. The van der Waals surface area contributed by atoms with Crippen LogP contribution in [0, 0.1) is 5.92 Å². The standard InChI is InChI=1S/C11H15OS/c1-8(2)9-5-10(12-3)7-11(6-9)13-4/h5-7H,1-4H3. The normalized spacial score (nSPS) is 10.5. The third kappa shape index (κ3) is 2.66. The largest absolute Gasteiger partial charge is 0.497 e. The summed E-state index contributed by atoms with van der Waals surface area (Å²) in [6.07, 6.45) is 2.07. The van der Waals surface area contributed by atoms with Crippen molar-refractivity contribution in [3.8, 4) is 5.75 Å². The van der Waals surface area contributed by atoms with E-state index in [0.29, 0.717) is 0 Å². The predicted octanol–water partition coefficient (Wildman–Crippen LogP) is 3.38. The van der Waals surface area contributed by atoms with Crippen LogP contribution in [0.2, 0.25) is 0 Å². The van der Waals surface area contributed by atoms with Gasteiger partial charge in [-0.25, -0.2) is 0 Å². The van der Waals surface area contributed by atoms with Crippen LogP contribution in [-0.2, 0) is 0 Å². The lowest BCUT2D eigenvalue weighted by Gasteiger charge is -2.09. The van der Waals surface area contributed by atoms with Gasteiger partial charge in [0.25, 0.3) is 0 Å². The molecule has 2 heteroatoms. The second-order valence-corrected chi connectivity index (χ2v) is 3.98. The third-order valence-corrected chi connectivity index (χ3v) is 2.64. The van der Waals surface area contributed by atoms with Crippen LogP contribution < -0.4 is 4.74 Å². The Hall–Kier alpha value is -0.630. The zero-order valence-electron chi connectivity index (χ0n) is 8.55. The molecule has 0 heterocycles. The van der Waals surface area contributed by atoms with Gasteiger partial charge in [-0.1, -0.05) is 13.8 Å². The molecule has 0 aliphatic carbocycles. The highest BCUT2D eigenvalue weighted by Crippen LogP contribution is 2.26. The smallest absolute Gasteiger partial charge is 0.120 e. The summed E-state index contributed by atoms with van der Waals surface area (Å²) in [7, 11) is 1.70. The highest BCUT2D eigenvalue weighted by molar-refractivity contribution is 7.98. The van der Waals surface area contributed by atoms with Gasteiger partial charge in [0.15, 0.2) is 0 Å². The monoisotopic (exact) mass is 195 g/mol. The van der Waals surface area contributed by atoms with E-state index >= 15 is 0 Å². The molecule has 0 fully saturated rings. The Balaban J connectivity index is 3.07. The van der Waals surface area contributed by atoms with Crippen LogP contribution in [-0.4, -0.2) is 13.4 Å². The van der Waals surface area contributed by atoms with E-state index in [1.165, 1.54) is 16.4 Å². The number of rotatable bonds is 3. The Labute approximate surface area is 84.5 Å². The molecule has 1 radical (unpaired) electrons. The van der Waals surface area contributed by atoms with Gasteiger partial charge in [0.05, 0.1) is 7.11 Å². The summed E-state index contributed by atoms with van der Waals surface area (Å²) in [6.45, 7) is 4.22. The Morgan fingerprint density at radius 2 is 1.92 bits per heavy atom. The third-order valence-electron chi connectivity index (χ3n) is 1.93. The maximum Gasteiger partial charge on any atom is 0.120 e. The molecule has 0 saturated heterocycles. The first kappa shape index (κ1) is 10.5. The molecule has 0 aliphatic rings. The zero-order valence-corrected chi connectivity index (χ0v) is 9.37. The summed E-state index contributed by atoms with van der Waals surface area (Å²) in [5.41, 5.74) is 1.25. The molecular formula is C11H15OS. The average molecular weight is 195 g/mol. The predicted molar refractivity (Wildman–Crippen MR) is 58.5 cm³/mol. The van der Waals surface area contributed by atoms with E-state index in [1.807, 2.05) is 0 Å². The molecule has 0 N–H and O–H groups in total. The fourth-order valence-electron chi connectivity index (χ4n) is 1.10. The van der Waals surface area contributed by atoms with Gasteiger partial charge in [0, 0.05) is 4.90 Å². The molecule has 0 aromatic heterocycles. The van der Waals surface area contributed by atoms with Crippen LogP contribution in [0.1, 0.15) is 19.4 Å². The minimum absolute atomic E-state index is 0.933. The molecule has 1 rings (SSSR count). The summed E-state index contributed by atoms with van der Waals surface area (Å²) in [4.78, 5) is 1.25. The van der Waals surface area contributed by atoms with Crippen LogP contribution in [0.25, 0.3) is 0 Å². The Kier molecular flexibility index (Phi) is 3.67. The molecule has 71 valence electrons. The van der Waals surface area contributed by atoms with E-state index in [2.05, 4.69) is 38.3 Å². The van der Waals surface area contributed by atoms with Crippen molar-refractivity contribution in [1.82, 2.24) is 0 Å². The summed E-state index contributed by atoms with van der Waals surface area (Å²) >= 11 is 1.74. The van der Waals surface area contributed by atoms with E-state index in [0.717, 1.165) is 5.75 Å². The van der Waals surface area contributed by atoms with E-state index in [4.69, 9.17) is 4.74 Å². The van der Waals surface area contributed by atoms with Crippen molar-refractivity contribution in [3.05, 3.63) is 29.7 Å². The Morgan fingerprint density at radius 3 is 2.38 bits per heavy atom. The van der Waals surface area contributed by atoms with Gasteiger partial charge in [0.1, 0.15) is 5.75 Å². The topological polar surface area (TPSA) is 9.23 Å². The van der Waals surface area contributed by atoms with Gasteiger partial charge < -0.3 is 4.74 Å². The van der Waals surface area contributed by atoms with Crippen molar-refractivity contribution in [2.75, 3.05) is 13.4 Å². The molecule has 0 unspecified atom stereocenters. The van der Waals surface area contributed by atoms with Gasteiger partial charge in [-0.15, -0.1) is 11.8 Å². The molecule has 0 spiro atoms. The summed E-state index contributed by atoms with van der Waals surface area (Å²) in [6, 6.07) is 6.30. The number of thioether (sulfide) groups is 1. The quantitative estimate of drug-likeness (QED) is 0.684. The average Bonchev–Trinajstić information content (AvgIpc) is 2.16. The molecule has 0 atom stereocenters. The first-order valence-electron chi connectivity index (χ1n) is 4.21. The first-order chi connectivity index (χ1) is 6.17. The van der Waals surface area contributed by atoms with Crippen molar-refractivity contribution in [3.63, 3.8) is 0 Å². The second-order valence-electron chi connectivity index (χ2n) is 3.10. The van der Waals surface area contributed by atoms with E-state index in [9.17, 15) is 0 Å². The number of ether oxygens (including phenoxy) is 1. The lowest BCUT2D eigenvalue weighted by atomic mass is 10.0. The van der Waals surface area contributed by atoms with Crippen molar-refractivity contribution >= 4 is 11.8 Å². The number of methoxy groups -OCH3 is 1. The maximum atomic E-state index is 5.22. The highest BCUT2D eigenvalue weighted by Gasteiger charge is 2.04. The molecule has 0 aliphatic heterocycles. The van der Waals surface area contributed by atoms with E-state index in [-0.39, 0.29) is 0 Å². The summed E-state index contributed by atoms with van der Waals surface area (Å²) < 4.78 is 5.22. The maximum absolute atomic E-state index is 5.22. The van der Waals surface area contributed by atoms with Crippen molar-refractivity contribution in [2.24, 2.45) is 0 Å². The molecule has 13 heavy (non-hydrogen) atoms. The lowest BCUT2D eigenvalue weighted by molar-refractivity contribution is 0.413. The highest BCUT2D eigenvalue weighted by atomic mass is 32.2. The summed E-state index contributed by atoms with van der Waals surface area (Å²) in [5.74, 6) is 2.25. The second kappa shape index (κ2) is 4.56. The molecule has 0 bridgehead atoms. The van der Waals surface area contributed by atoms with Crippen LogP contribution in [0.15, 0.2) is 23.1 Å². The molecule has 0 amide bonds. The number of hydrogen-bond acceptors (Lipinski definition) is 2. The van der Waals surface area contributed by atoms with Gasteiger partial charge in [-0.3, -0.25) is 0 Å². The first-order valence-corrected chi connectivity index (χ1v) is 5.43. The fraction of sp³-hybridized carbons (Fsp3) is 0.364. The summed E-state index contributed by atoms with van der Waals surface area (Å²) in [5, 5.41) is 0. The lowest BCUT2D eigenvalue weighted by Crippen LogP contribution is -1.91. The molecule has 0 saturated carbocycles. The number of hydrogen-bond donors (Lipinski definition) is 0. The minimum atomic E-state index is 0.933. The Bertz CT molecular complexity index is 259. The minimum Gasteiger partial charge on any atom is -0.497 e. The van der Waals surface area contributed by atoms with E-state index in [1.54, 1.807) is 18.9 Å². The van der Waals surface area contributed by atoms with Crippen molar-refractivity contribution in [2.45, 2.75) is 18.7 Å². The Morgan fingerprint density at radius 1 is 1.23 bits per heavy atom. The molecular weight excluding hydrogens is 180 g/mol. The number of benzene rings is 1. The molecule has 1 aromatic carbocycles. The van der Waals surface area contributed by atoms with Crippen LogP contribution >= 0.6 is 11.8 Å². The van der Waals surface area contributed by atoms with E-state index < -0.39 is 0 Å². The van der Waals surface area contributed by atoms with Gasteiger partial charge in [-0.2, -0.15) is 0 Å².